The molecule has 4 aromatic carbocycles. The van der Waals surface area contributed by atoms with Crippen LogP contribution >= 0.6 is 34.8 Å². The van der Waals surface area contributed by atoms with Gasteiger partial charge in [0.05, 0.1) is 33.0 Å². The van der Waals surface area contributed by atoms with E-state index in [0.29, 0.717) is 6.61 Å². The van der Waals surface area contributed by atoms with Crippen molar-refractivity contribution in [3.63, 3.8) is 0 Å². The summed E-state index contributed by atoms with van der Waals surface area (Å²) in [7, 11) is 0. The van der Waals surface area contributed by atoms with E-state index >= 15 is 0 Å². The standard InChI is InChI=1S/C37H36Cl3NO8/c38-37(39,40)35(42)41-36(43)49-34-33(47-24-29-19-11-4-12-20-29)32(46-23-28-17-9-3-10-18-28)31(45-22-27-15-7-2-8-16-27)30(48-34)25-44-21-26-13-5-1-6-14-26/h1-20,30-34H,21-25H2,(H,41,42,43)/t30-,31+,32+,33-,34-/m1/s1. The molecule has 0 saturated carbocycles. The van der Waals surface area contributed by atoms with Crippen LogP contribution in [0.25, 0.3) is 0 Å². The third kappa shape index (κ3) is 11.5. The molecule has 1 aliphatic rings. The number of imide groups is 1. The van der Waals surface area contributed by atoms with Gasteiger partial charge in [0.25, 0.3) is 9.70 Å². The van der Waals surface area contributed by atoms with Crippen molar-refractivity contribution in [2.24, 2.45) is 0 Å². The van der Waals surface area contributed by atoms with Crippen LogP contribution < -0.4 is 5.32 Å². The number of carbonyl (C=O) groups excluding carboxylic acids is 2. The minimum atomic E-state index is -2.40. The molecule has 12 heteroatoms. The molecule has 1 fully saturated rings. The highest BCUT2D eigenvalue weighted by Crippen LogP contribution is 2.32. The summed E-state index contributed by atoms with van der Waals surface area (Å²) < 4.78 is 35.3. The normalized spacial score (nSPS) is 20.8. The average Bonchev–Trinajstić information content (AvgIpc) is 3.11. The van der Waals surface area contributed by atoms with Gasteiger partial charge >= 0.3 is 6.09 Å². The summed E-state index contributed by atoms with van der Waals surface area (Å²) in [5.41, 5.74) is 3.64. The number of halogens is 3. The van der Waals surface area contributed by atoms with Crippen LogP contribution in [0, 0.1) is 0 Å². The number of ether oxygens (including phenoxy) is 6. The molecular formula is C37H36Cl3NO8. The van der Waals surface area contributed by atoms with Crippen LogP contribution in [-0.2, 0) is 59.6 Å². The fraction of sp³-hybridized carbons (Fsp3) is 0.297. The second-order valence-corrected chi connectivity index (χ2v) is 13.5. The maximum atomic E-state index is 13.0. The Bertz CT molecular complexity index is 1580. The van der Waals surface area contributed by atoms with E-state index < -0.39 is 46.5 Å². The van der Waals surface area contributed by atoms with Crippen molar-refractivity contribution in [3.05, 3.63) is 144 Å². The zero-order valence-electron chi connectivity index (χ0n) is 26.4. The highest BCUT2D eigenvalue weighted by atomic mass is 35.6. The van der Waals surface area contributed by atoms with Gasteiger partial charge in [0.2, 0.25) is 6.29 Å². The van der Waals surface area contributed by atoms with Crippen LogP contribution in [0.4, 0.5) is 4.79 Å². The van der Waals surface area contributed by atoms with Gasteiger partial charge < -0.3 is 28.4 Å². The second kappa shape index (κ2) is 18.5. The van der Waals surface area contributed by atoms with E-state index in [1.165, 1.54) is 0 Å². The monoisotopic (exact) mass is 727 g/mol. The van der Waals surface area contributed by atoms with Crippen molar-refractivity contribution < 1.29 is 38.0 Å². The number of carbonyl (C=O) groups is 2. The van der Waals surface area contributed by atoms with Gasteiger partial charge in [-0.25, -0.2) is 4.79 Å². The summed E-state index contributed by atoms with van der Waals surface area (Å²) in [5, 5.41) is 1.94. The molecule has 1 N–H and O–H groups in total. The fourth-order valence-electron chi connectivity index (χ4n) is 5.14. The van der Waals surface area contributed by atoms with Crippen LogP contribution in [-0.4, -0.2) is 53.1 Å². The van der Waals surface area contributed by atoms with Gasteiger partial charge in [-0.05, 0) is 22.3 Å². The van der Waals surface area contributed by atoms with Gasteiger partial charge in [-0.1, -0.05) is 156 Å². The highest BCUT2D eigenvalue weighted by Gasteiger charge is 2.50. The van der Waals surface area contributed by atoms with E-state index in [1.54, 1.807) is 0 Å². The van der Waals surface area contributed by atoms with Gasteiger partial charge in [-0.3, -0.25) is 10.1 Å². The number of rotatable bonds is 14. The van der Waals surface area contributed by atoms with Gasteiger partial charge in [0.1, 0.15) is 24.4 Å². The summed E-state index contributed by atoms with van der Waals surface area (Å²) in [5.74, 6) is -1.19. The third-order valence-corrected chi connectivity index (χ3v) is 8.05. The van der Waals surface area contributed by atoms with E-state index in [4.69, 9.17) is 63.2 Å². The number of alkyl carbamates (subject to hydrolysis) is 1. The molecule has 2 amide bonds. The maximum Gasteiger partial charge on any atom is 0.416 e. The van der Waals surface area contributed by atoms with Crippen LogP contribution in [0.2, 0.25) is 0 Å². The van der Waals surface area contributed by atoms with E-state index in [9.17, 15) is 9.59 Å². The number of benzene rings is 4. The predicted molar refractivity (Wildman–Crippen MR) is 185 cm³/mol. The number of hydrogen-bond acceptors (Lipinski definition) is 8. The molecule has 1 saturated heterocycles. The van der Waals surface area contributed by atoms with Gasteiger partial charge in [-0.2, -0.15) is 0 Å². The topological polar surface area (TPSA) is 102 Å². The first kappa shape index (κ1) is 36.8. The van der Waals surface area contributed by atoms with Crippen LogP contribution in [0.15, 0.2) is 121 Å². The fourth-order valence-corrected chi connectivity index (χ4v) is 5.28. The Labute approximate surface area is 300 Å². The van der Waals surface area contributed by atoms with Crippen molar-refractivity contribution >= 4 is 46.8 Å². The van der Waals surface area contributed by atoms with E-state index in [-0.39, 0.29) is 26.4 Å². The quantitative estimate of drug-likeness (QED) is 0.135. The van der Waals surface area contributed by atoms with Crippen molar-refractivity contribution in [2.45, 2.75) is 60.9 Å². The first-order valence-corrected chi connectivity index (χ1v) is 16.7. The lowest BCUT2D eigenvalue weighted by molar-refractivity contribution is -0.315. The molecule has 0 radical (unpaired) electrons. The Kier molecular flexibility index (Phi) is 13.9. The van der Waals surface area contributed by atoms with Crippen molar-refractivity contribution in [2.75, 3.05) is 6.61 Å². The zero-order chi connectivity index (χ0) is 34.5. The minimum absolute atomic E-state index is 0.0412. The molecule has 0 aliphatic carbocycles. The number of hydrogen-bond donors (Lipinski definition) is 1. The highest BCUT2D eigenvalue weighted by molar-refractivity contribution is 6.76. The molecular weight excluding hydrogens is 693 g/mol. The van der Waals surface area contributed by atoms with Crippen LogP contribution in [0.1, 0.15) is 22.3 Å². The van der Waals surface area contributed by atoms with Crippen molar-refractivity contribution in [1.82, 2.24) is 5.32 Å². The Morgan fingerprint density at radius 3 is 1.45 bits per heavy atom. The molecule has 258 valence electrons. The number of amides is 2. The van der Waals surface area contributed by atoms with E-state index in [0.717, 1.165) is 22.3 Å². The maximum absolute atomic E-state index is 13.0. The summed E-state index contributed by atoms with van der Waals surface area (Å²) in [6.07, 6.45) is -6.06. The lowest BCUT2D eigenvalue weighted by Crippen LogP contribution is -2.62. The summed E-state index contributed by atoms with van der Waals surface area (Å²) in [6, 6.07) is 38.4. The van der Waals surface area contributed by atoms with Crippen molar-refractivity contribution in [3.8, 4) is 0 Å². The first-order chi connectivity index (χ1) is 23.8. The molecule has 49 heavy (non-hydrogen) atoms. The number of nitrogens with one attached hydrogen (secondary N) is 1. The summed E-state index contributed by atoms with van der Waals surface area (Å²) in [4.78, 5) is 25.3. The first-order valence-electron chi connectivity index (χ1n) is 15.6. The number of alkyl halides is 3. The molecule has 5 rings (SSSR count). The minimum Gasteiger partial charge on any atom is -0.416 e. The molecule has 0 spiro atoms. The lowest BCUT2D eigenvalue weighted by atomic mass is 9.97. The second-order valence-electron chi connectivity index (χ2n) is 11.2. The average molecular weight is 729 g/mol. The molecule has 5 atom stereocenters. The van der Waals surface area contributed by atoms with E-state index in [2.05, 4.69) is 0 Å². The SMILES string of the molecule is O=C(NC(=O)C(Cl)(Cl)Cl)O[C@H]1O[C@H](COCc2ccccc2)[C@H](OCc2ccccc2)[C@H](OCc2ccccc2)[C@H]1OCc1ccccc1. The Balaban J connectivity index is 1.46. The molecule has 4 aromatic rings. The largest absolute Gasteiger partial charge is 0.416 e. The smallest absolute Gasteiger partial charge is 0.416 e. The van der Waals surface area contributed by atoms with Gasteiger partial charge in [0.15, 0.2) is 0 Å². The molecule has 1 aliphatic heterocycles. The van der Waals surface area contributed by atoms with Crippen LogP contribution in [0.5, 0.6) is 0 Å². The molecule has 0 aromatic heterocycles. The Hall–Kier alpha value is -3.51. The van der Waals surface area contributed by atoms with E-state index in [1.807, 2.05) is 127 Å². The Morgan fingerprint density at radius 2 is 1.00 bits per heavy atom. The Morgan fingerprint density at radius 1 is 0.592 bits per heavy atom. The predicted octanol–water partition coefficient (Wildman–Crippen LogP) is 7.31. The van der Waals surface area contributed by atoms with Crippen LogP contribution in [0.3, 0.4) is 0 Å². The van der Waals surface area contributed by atoms with Gasteiger partial charge in [0, 0.05) is 0 Å². The summed E-state index contributed by atoms with van der Waals surface area (Å²) in [6.45, 7) is 0.864. The summed E-state index contributed by atoms with van der Waals surface area (Å²) >= 11 is 17.0. The molecule has 0 bridgehead atoms. The zero-order valence-corrected chi connectivity index (χ0v) is 28.6. The molecule has 0 unspecified atom stereocenters. The molecule has 9 nitrogen and oxygen atoms in total. The third-order valence-electron chi connectivity index (χ3n) is 7.54. The molecule has 1 heterocycles. The van der Waals surface area contributed by atoms with Crippen molar-refractivity contribution in [1.29, 1.82) is 0 Å². The van der Waals surface area contributed by atoms with Gasteiger partial charge in [-0.15, -0.1) is 0 Å². The lowest BCUT2D eigenvalue weighted by Gasteiger charge is -2.45.